The first-order chi connectivity index (χ1) is 17.3. The molecule has 3 heterocycles. The fourth-order valence-electron chi connectivity index (χ4n) is 4.92. The molecule has 2 aliphatic rings. The van der Waals surface area contributed by atoms with Crippen molar-refractivity contribution in [3.05, 3.63) is 67.8 Å². The number of carbonyl (C=O) groups is 1. The SMILES string of the molecule is CCCCn1c(N2CCCC(C)C2)c(C=C2SC(=S)N(Cc3ccccc3)C2=O)c(C)c(C#N)c1=O. The number of amides is 1. The van der Waals surface area contributed by atoms with Gasteiger partial charge in [0.2, 0.25) is 0 Å². The molecule has 1 aromatic heterocycles. The summed E-state index contributed by atoms with van der Waals surface area (Å²) in [5.74, 6) is 1.18. The monoisotopic (exact) mass is 520 g/mol. The van der Waals surface area contributed by atoms with Crippen molar-refractivity contribution in [1.29, 1.82) is 5.26 Å². The number of benzene rings is 1. The first kappa shape index (κ1) is 26.2. The summed E-state index contributed by atoms with van der Waals surface area (Å²) in [7, 11) is 0. The fraction of sp³-hybridized carbons (Fsp3) is 0.429. The lowest BCUT2D eigenvalue weighted by molar-refractivity contribution is -0.122. The zero-order valence-corrected chi connectivity index (χ0v) is 22.8. The van der Waals surface area contributed by atoms with E-state index in [1.165, 1.54) is 11.8 Å². The summed E-state index contributed by atoms with van der Waals surface area (Å²) >= 11 is 6.86. The minimum Gasteiger partial charge on any atom is -0.357 e. The van der Waals surface area contributed by atoms with Gasteiger partial charge >= 0.3 is 0 Å². The minimum atomic E-state index is -0.245. The number of thioether (sulfide) groups is 1. The number of nitrogens with zero attached hydrogens (tertiary/aromatic N) is 4. The van der Waals surface area contributed by atoms with Crippen molar-refractivity contribution < 1.29 is 4.79 Å². The molecule has 0 aliphatic carbocycles. The Labute approximate surface area is 222 Å². The van der Waals surface area contributed by atoms with Gasteiger partial charge in [-0.05, 0) is 49.3 Å². The predicted molar refractivity (Wildman–Crippen MR) is 151 cm³/mol. The van der Waals surface area contributed by atoms with Crippen LogP contribution < -0.4 is 10.5 Å². The Hall–Kier alpha value is -2.89. The van der Waals surface area contributed by atoms with Gasteiger partial charge in [-0.1, -0.05) is 74.6 Å². The Morgan fingerprint density at radius 1 is 1.25 bits per heavy atom. The highest BCUT2D eigenvalue weighted by atomic mass is 32.2. The van der Waals surface area contributed by atoms with E-state index in [0.29, 0.717) is 33.8 Å². The molecule has 0 bridgehead atoms. The molecule has 1 aromatic carbocycles. The number of thiocarbonyl (C=S) groups is 1. The molecule has 4 rings (SSSR count). The highest BCUT2D eigenvalue weighted by Crippen LogP contribution is 2.37. The molecule has 0 spiro atoms. The zero-order valence-electron chi connectivity index (χ0n) is 21.1. The van der Waals surface area contributed by atoms with Crippen molar-refractivity contribution in [2.24, 2.45) is 5.92 Å². The van der Waals surface area contributed by atoms with E-state index >= 15 is 0 Å². The number of rotatable bonds is 7. The maximum Gasteiger partial charge on any atom is 0.270 e. The van der Waals surface area contributed by atoms with Crippen LogP contribution in [0.3, 0.4) is 0 Å². The molecular weight excluding hydrogens is 488 g/mol. The summed E-state index contributed by atoms with van der Waals surface area (Å²) in [5.41, 5.74) is 2.30. The van der Waals surface area contributed by atoms with Gasteiger partial charge in [-0.15, -0.1) is 0 Å². The van der Waals surface area contributed by atoms with Crippen molar-refractivity contribution in [3.63, 3.8) is 0 Å². The van der Waals surface area contributed by atoms with E-state index in [1.54, 1.807) is 9.47 Å². The summed E-state index contributed by atoms with van der Waals surface area (Å²) in [5, 5.41) is 9.88. The van der Waals surface area contributed by atoms with E-state index in [0.717, 1.165) is 55.7 Å². The highest BCUT2D eigenvalue weighted by Gasteiger charge is 2.33. The first-order valence-corrected chi connectivity index (χ1v) is 13.8. The second kappa shape index (κ2) is 11.4. The molecule has 2 aliphatic heterocycles. The van der Waals surface area contributed by atoms with Crippen LogP contribution in [0.4, 0.5) is 5.82 Å². The lowest BCUT2D eigenvalue weighted by Crippen LogP contribution is -2.40. The summed E-state index contributed by atoms with van der Waals surface area (Å²) in [6, 6.07) is 11.9. The molecule has 0 radical (unpaired) electrons. The maximum atomic E-state index is 13.5. The third kappa shape index (κ3) is 5.28. The van der Waals surface area contributed by atoms with E-state index in [1.807, 2.05) is 43.3 Å². The Balaban J connectivity index is 1.83. The van der Waals surface area contributed by atoms with E-state index in [-0.39, 0.29) is 17.0 Å². The molecule has 188 valence electrons. The lowest BCUT2D eigenvalue weighted by Gasteiger charge is -2.36. The number of unbranched alkanes of at least 4 members (excludes halogenated alkanes) is 1. The molecule has 6 nitrogen and oxygen atoms in total. The standard InChI is InChI=1S/C28H32N4O2S2/c1-4-5-14-31-25(30-13-9-10-19(2)17-30)22(20(3)23(16-29)26(31)33)15-24-27(34)32(28(35)36-24)18-21-11-7-6-8-12-21/h6-8,11-12,15,19H,4-5,9-10,13-14,17-18H2,1-3H3. The van der Waals surface area contributed by atoms with Crippen LogP contribution >= 0.6 is 24.0 Å². The van der Waals surface area contributed by atoms with Crippen molar-refractivity contribution in [3.8, 4) is 6.07 Å². The van der Waals surface area contributed by atoms with Gasteiger partial charge in [0.05, 0.1) is 11.4 Å². The van der Waals surface area contributed by atoms with Gasteiger partial charge in [0.1, 0.15) is 21.8 Å². The van der Waals surface area contributed by atoms with Crippen molar-refractivity contribution >= 4 is 46.1 Å². The molecule has 2 fully saturated rings. The molecule has 0 saturated carbocycles. The van der Waals surface area contributed by atoms with Gasteiger partial charge < -0.3 is 4.90 Å². The third-order valence-electron chi connectivity index (χ3n) is 6.87. The molecule has 2 saturated heterocycles. The Morgan fingerprint density at radius 3 is 2.67 bits per heavy atom. The van der Waals surface area contributed by atoms with Gasteiger partial charge in [-0.3, -0.25) is 19.1 Å². The number of hydrogen-bond donors (Lipinski definition) is 0. The number of carbonyl (C=O) groups excluding carboxylic acids is 1. The first-order valence-electron chi connectivity index (χ1n) is 12.6. The number of hydrogen-bond acceptors (Lipinski definition) is 6. The number of nitriles is 1. The lowest BCUT2D eigenvalue weighted by atomic mass is 9.98. The Kier molecular flexibility index (Phi) is 8.32. The van der Waals surface area contributed by atoms with Crippen molar-refractivity contribution in [1.82, 2.24) is 9.47 Å². The quantitative estimate of drug-likeness (QED) is 0.356. The average Bonchev–Trinajstić information content (AvgIpc) is 3.13. The Bertz CT molecular complexity index is 1290. The second-order valence-corrected chi connectivity index (χ2v) is 11.3. The summed E-state index contributed by atoms with van der Waals surface area (Å²) < 4.78 is 2.28. The van der Waals surface area contributed by atoms with Crippen molar-refractivity contribution in [2.75, 3.05) is 18.0 Å². The van der Waals surface area contributed by atoms with Crippen LogP contribution in [0.15, 0.2) is 40.0 Å². The third-order valence-corrected chi connectivity index (χ3v) is 8.25. The van der Waals surface area contributed by atoms with Crippen LogP contribution in [0.5, 0.6) is 0 Å². The summed E-state index contributed by atoms with van der Waals surface area (Å²) in [6.07, 6.45) is 5.82. The van der Waals surface area contributed by atoms with Gasteiger partial charge in [0.25, 0.3) is 11.5 Å². The van der Waals surface area contributed by atoms with Gasteiger partial charge in [0.15, 0.2) is 0 Å². The number of pyridine rings is 1. The van der Waals surface area contributed by atoms with Gasteiger partial charge in [-0.2, -0.15) is 5.26 Å². The van der Waals surface area contributed by atoms with Crippen LogP contribution in [0.25, 0.3) is 6.08 Å². The molecular formula is C28H32N4O2S2. The van der Waals surface area contributed by atoms with Crippen LogP contribution in [0.1, 0.15) is 61.8 Å². The summed E-state index contributed by atoms with van der Waals surface area (Å²) in [6.45, 7) is 8.77. The van der Waals surface area contributed by atoms with E-state index in [9.17, 15) is 14.9 Å². The number of anilines is 1. The molecule has 8 heteroatoms. The minimum absolute atomic E-state index is 0.143. The number of aromatic nitrogens is 1. The van der Waals surface area contributed by atoms with E-state index in [4.69, 9.17) is 12.2 Å². The molecule has 2 aromatic rings. The normalized spacial score (nSPS) is 19.3. The molecule has 1 amide bonds. The highest BCUT2D eigenvalue weighted by molar-refractivity contribution is 8.26. The smallest absolute Gasteiger partial charge is 0.270 e. The topological polar surface area (TPSA) is 69.3 Å². The van der Waals surface area contributed by atoms with Crippen LogP contribution in [-0.2, 0) is 17.9 Å². The molecule has 1 atom stereocenters. The van der Waals surface area contributed by atoms with E-state index < -0.39 is 0 Å². The van der Waals surface area contributed by atoms with E-state index in [2.05, 4.69) is 24.8 Å². The molecule has 0 N–H and O–H groups in total. The Morgan fingerprint density at radius 2 is 2.00 bits per heavy atom. The molecule has 1 unspecified atom stereocenters. The predicted octanol–water partition coefficient (Wildman–Crippen LogP) is 5.47. The largest absolute Gasteiger partial charge is 0.357 e. The zero-order chi connectivity index (χ0) is 25.8. The maximum absolute atomic E-state index is 13.5. The van der Waals surface area contributed by atoms with Crippen LogP contribution in [0, 0.1) is 24.2 Å². The second-order valence-electron chi connectivity index (χ2n) is 9.61. The van der Waals surface area contributed by atoms with Gasteiger partial charge in [-0.25, -0.2) is 0 Å². The van der Waals surface area contributed by atoms with Gasteiger partial charge in [0, 0.05) is 25.2 Å². The average molecular weight is 521 g/mol. The fourth-order valence-corrected chi connectivity index (χ4v) is 6.16. The summed E-state index contributed by atoms with van der Waals surface area (Å²) in [4.78, 5) is 31.3. The van der Waals surface area contributed by atoms with Crippen LogP contribution in [0.2, 0.25) is 0 Å². The van der Waals surface area contributed by atoms with Crippen LogP contribution in [-0.4, -0.2) is 32.8 Å². The van der Waals surface area contributed by atoms with Crippen molar-refractivity contribution in [2.45, 2.75) is 59.5 Å². The number of piperidine rings is 1. The molecule has 36 heavy (non-hydrogen) atoms.